The lowest BCUT2D eigenvalue weighted by Crippen LogP contribution is -2.50. The van der Waals surface area contributed by atoms with E-state index in [4.69, 9.17) is 14.6 Å². The predicted octanol–water partition coefficient (Wildman–Crippen LogP) is 1.55. The monoisotopic (exact) mass is 307 g/mol. The molecule has 1 aromatic rings. The summed E-state index contributed by atoms with van der Waals surface area (Å²) >= 11 is 0. The topological polar surface area (TPSA) is 76.1 Å². The molecular weight excluding hydrogens is 286 g/mol. The van der Waals surface area contributed by atoms with Crippen molar-refractivity contribution in [3.8, 4) is 5.75 Å². The van der Waals surface area contributed by atoms with Gasteiger partial charge in [0.25, 0.3) is 5.91 Å². The Hall–Kier alpha value is -2.08. The maximum atomic E-state index is 12.6. The standard InChI is InChI=1S/C16H21NO5/c1-12(22-14-5-3-2-4-6-14)16(20)17(11-15(18)19)13-7-9-21-10-8-13/h2-6,12-13H,7-11H2,1H3,(H,18,19)/t12-/m1/s1. The van der Waals surface area contributed by atoms with Crippen molar-refractivity contribution >= 4 is 11.9 Å². The Morgan fingerprint density at radius 3 is 2.55 bits per heavy atom. The molecule has 1 aromatic carbocycles. The highest BCUT2D eigenvalue weighted by Gasteiger charge is 2.31. The first-order chi connectivity index (χ1) is 10.6. The molecule has 6 heteroatoms. The number of nitrogens with zero attached hydrogens (tertiary/aromatic N) is 1. The van der Waals surface area contributed by atoms with Crippen LogP contribution in [0, 0.1) is 0 Å². The van der Waals surface area contributed by atoms with E-state index in [0.29, 0.717) is 31.8 Å². The minimum atomic E-state index is -1.02. The van der Waals surface area contributed by atoms with E-state index in [1.807, 2.05) is 18.2 Å². The zero-order valence-electron chi connectivity index (χ0n) is 12.6. The van der Waals surface area contributed by atoms with Gasteiger partial charge in [-0.3, -0.25) is 9.59 Å². The second-order valence-corrected chi connectivity index (χ2v) is 5.28. The molecule has 0 bridgehead atoms. The molecule has 0 unspecified atom stereocenters. The third kappa shape index (κ3) is 4.46. The summed E-state index contributed by atoms with van der Waals surface area (Å²) in [5.74, 6) is -0.740. The summed E-state index contributed by atoms with van der Waals surface area (Å²) in [6, 6.07) is 8.91. The maximum absolute atomic E-state index is 12.6. The van der Waals surface area contributed by atoms with Crippen LogP contribution in [0.4, 0.5) is 0 Å². The quantitative estimate of drug-likeness (QED) is 0.863. The van der Waals surface area contributed by atoms with Crippen molar-refractivity contribution in [1.82, 2.24) is 4.90 Å². The van der Waals surface area contributed by atoms with Crippen LogP contribution >= 0.6 is 0 Å². The van der Waals surface area contributed by atoms with Gasteiger partial charge in [-0.25, -0.2) is 0 Å². The number of carbonyl (C=O) groups excluding carboxylic acids is 1. The first-order valence-electron chi connectivity index (χ1n) is 7.39. The first-order valence-corrected chi connectivity index (χ1v) is 7.39. The molecule has 0 radical (unpaired) electrons. The normalized spacial score (nSPS) is 16.8. The molecule has 120 valence electrons. The summed E-state index contributed by atoms with van der Waals surface area (Å²) in [5.41, 5.74) is 0. The fourth-order valence-corrected chi connectivity index (χ4v) is 2.52. The van der Waals surface area contributed by atoms with E-state index in [1.165, 1.54) is 4.90 Å². The molecule has 2 rings (SSSR count). The summed E-state index contributed by atoms with van der Waals surface area (Å²) in [6.07, 6.45) is 0.568. The van der Waals surface area contributed by atoms with Crippen molar-refractivity contribution in [2.45, 2.75) is 31.9 Å². The molecule has 0 aliphatic carbocycles. The number of hydrogen-bond acceptors (Lipinski definition) is 4. The van der Waals surface area contributed by atoms with Gasteiger partial charge in [-0.15, -0.1) is 0 Å². The summed E-state index contributed by atoms with van der Waals surface area (Å²) in [7, 11) is 0. The molecule has 1 fully saturated rings. The van der Waals surface area contributed by atoms with Crippen molar-refractivity contribution in [3.63, 3.8) is 0 Å². The number of para-hydroxylation sites is 1. The van der Waals surface area contributed by atoms with Crippen LogP contribution in [0.2, 0.25) is 0 Å². The zero-order valence-corrected chi connectivity index (χ0v) is 12.6. The third-order valence-electron chi connectivity index (χ3n) is 3.62. The molecular formula is C16H21NO5. The van der Waals surface area contributed by atoms with Gasteiger partial charge in [-0.1, -0.05) is 18.2 Å². The Kier molecular flexibility index (Phi) is 5.77. The summed E-state index contributed by atoms with van der Waals surface area (Å²) in [6.45, 7) is 2.42. The van der Waals surface area contributed by atoms with Crippen LogP contribution < -0.4 is 4.74 Å². The minimum Gasteiger partial charge on any atom is -0.481 e. The molecule has 1 amide bonds. The first kappa shape index (κ1) is 16.3. The summed E-state index contributed by atoms with van der Waals surface area (Å²) in [4.78, 5) is 25.1. The van der Waals surface area contributed by atoms with Gasteiger partial charge in [0, 0.05) is 19.3 Å². The Morgan fingerprint density at radius 2 is 1.95 bits per heavy atom. The van der Waals surface area contributed by atoms with Crippen molar-refractivity contribution < 1.29 is 24.2 Å². The zero-order chi connectivity index (χ0) is 15.9. The Labute approximate surface area is 129 Å². The predicted molar refractivity (Wildman–Crippen MR) is 79.7 cm³/mol. The SMILES string of the molecule is C[C@@H](Oc1ccccc1)C(=O)N(CC(=O)O)C1CCOCC1. The fourth-order valence-electron chi connectivity index (χ4n) is 2.52. The number of carbonyl (C=O) groups is 2. The van der Waals surface area contributed by atoms with Crippen molar-refractivity contribution in [2.75, 3.05) is 19.8 Å². The lowest BCUT2D eigenvalue weighted by Gasteiger charge is -2.34. The molecule has 0 spiro atoms. The lowest BCUT2D eigenvalue weighted by atomic mass is 10.1. The second-order valence-electron chi connectivity index (χ2n) is 5.28. The molecule has 1 N–H and O–H groups in total. The molecule has 1 saturated heterocycles. The van der Waals surface area contributed by atoms with Gasteiger partial charge >= 0.3 is 5.97 Å². The van der Waals surface area contributed by atoms with Gasteiger partial charge in [0.05, 0.1) is 0 Å². The number of carboxylic acids is 1. The Morgan fingerprint density at radius 1 is 1.32 bits per heavy atom. The summed E-state index contributed by atoms with van der Waals surface area (Å²) < 4.78 is 10.9. The number of benzene rings is 1. The third-order valence-corrected chi connectivity index (χ3v) is 3.62. The van der Waals surface area contributed by atoms with Crippen LogP contribution in [0.1, 0.15) is 19.8 Å². The maximum Gasteiger partial charge on any atom is 0.323 e. The van der Waals surface area contributed by atoms with Crippen molar-refractivity contribution in [2.24, 2.45) is 0 Å². The van der Waals surface area contributed by atoms with Crippen LogP contribution in [-0.4, -0.2) is 53.8 Å². The van der Waals surface area contributed by atoms with E-state index in [0.717, 1.165) is 0 Å². The number of carboxylic acid groups (broad SMARTS) is 1. The van der Waals surface area contributed by atoms with Gasteiger partial charge in [0.15, 0.2) is 6.10 Å². The molecule has 0 saturated carbocycles. The lowest BCUT2D eigenvalue weighted by molar-refractivity contribution is -0.151. The molecule has 1 aliphatic rings. The number of amides is 1. The van der Waals surface area contributed by atoms with Crippen LogP contribution in [0.5, 0.6) is 5.75 Å². The van der Waals surface area contributed by atoms with E-state index in [1.54, 1.807) is 19.1 Å². The highest BCUT2D eigenvalue weighted by atomic mass is 16.5. The van der Waals surface area contributed by atoms with E-state index in [2.05, 4.69) is 0 Å². The Balaban J connectivity index is 2.04. The number of aliphatic carboxylic acids is 1. The van der Waals surface area contributed by atoms with Crippen molar-refractivity contribution in [3.05, 3.63) is 30.3 Å². The second kappa shape index (κ2) is 7.79. The summed E-state index contributed by atoms with van der Waals surface area (Å²) in [5, 5.41) is 9.07. The highest BCUT2D eigenvalue weighted by molar-refractivity contribution is 5.85. The van der Waals surface area contributed by atoms with Crippen LogP contribution in [0.15, 0.2) is 30.3 Å². The number of hydrogen-bond donors (Lipinski definition) is 1. The van der Waals surface area contributed by atoms with E-state index < -0.39 is 12.1 Å². The minimum absolute atomic E-state index is 0.112. The van der Waals surface area contributed by atoms with Gasteiger partial charge < -0.3 is 19.5 Å². The smallest absolute Gasteiger partial charge is 0.323 e. The molecule has 22 heavy (non-hydrogen) atoms. The largest absolute Gasteiger partial charge is 0.481 e. The average molecular weight is 307 g/mol. The number of rotatable bonds is 6. The highest BCUT2D eigenvalue weighted by Crippen LogP contribution is 2.18. The van der Waals surface area contributed by atoms with Crippen molar-refractivity contribution in [1.29, 1.82) is 0 Å². The molecule has 0 aromatic heterocycles. The Bertz CT molecular complexity index is 499. The van der Waals surface area contributed by atoms with Gasteiger partial charge in [-0.05, 0) is 31.9 Å². The van der Waals surface area contributed by atoms with Gasteiger partial charge in [0.2, 0.25) is 0 Å². The molecule has 1 aliphatic heterocycles. The van der Waals surface area contributed by atoms with Crippen LogP contribution in [0.25, 0.3) is 0 Å². The van der Waals surface area contributed by atoms with E-state index in [9.17, 15) is 9.59 Å². The van der Waals surface area contributed by atoms with E-state index >= 15 is 0 Å². The van der Waals surface area contributed by atoms with Gasteiger partial charge in [-0.2, -0.15) is 0 Å². The molecule has 1 atom stereocenters. The molecule has 1 heterocycles. The van der Waals surface area contributed by atoms with Crippen LogP contribution in [-0.2, 0) is 14.3 Å². The van der Waals surface area contributed by atoms with Crippen LogP contribution in [0.3, 0.4) is 0 Å². The van der Waals surface area contributed by atoms with Gasteiger partial charge in [0.1, 0.15) is 12.3 Å². The van der Waals surface area contributed by atoms with E-state index in [-0.39, 0.29) is 18.5 Å². The molecule has 6 nitrogen and oxygen atoms in total. The fraction of sp³-hybridized carbons (Fsp3) is 0.500. The number of ether oxygens (including phenoxy) is 2. The average Bonchev–Trinajstić information content (AvgIpc) is 2.53.